The third-order valence-corrected chi connectivity index (χ3v) is 5.14. The zero-order valence-electron chi connectivity index (χ0n) is 13.5. The van der Waals surface area contributed by atoms with Crippen molar-refractivity contribution in [3.05, 3.63) is 0 Å². The molecule has 2 rings (SSSR count). The van der Waals surface area contributed by atoms with E-state index < -0.39 is 11.4 Å². The van der Waals surface area contributed by atoms with E-state index in [0.717, 1.165) is 25.3 Å². The van der Waals surface area contributed by atoms with E-state index in [-0.39, 0.29) is 6.03 Å². The van der Waals surface area contributed by atoms with E-state index in [2.05, 4.69) is 6.92 Å². The van der Waals surface area contributed by atoms with Crippen molar-refractivity contribution in [3.63, 3.8) is 0 Å². The Hall–Kier alpha value is -1.26. The van der Waals surface area contributed by atoms with Crippen LogP contribution in [-0.4, -0.2) is 53.6 Å². The van der Waals surface area contributed by atoms with E-state index >= 15 is 0 Å². The number of carboxylic acids is 1. The number of hydrogen-bond acceptors (Lipinski definition) is 2. The second-order valence-electron chi connectivity index (χ2n) is 7.00. The van der Waals surface area contributed by atoms with E-state index in [0.29, 0.717) is 31.8 Å². The maximum Gasteiger partial charge on any atom is 0.319 e. The van der Waals surface area contributed by atoms with Crippen molar-refractivity contribution in [3.8, 4) is 0 Å². The molecule has 1 saturated heterocycles. The molecule has 1 heterocycles. The van der Waals surface area contributed by atoms with Gasteiger partial charge in [0.05, 0.1) is 5.41 Å². The molecule has 3 unspecified atom stereocenters. The molecule has 5 nitrogen and oxygen atoms in total. The van der Waals surface area contributed by atoms with Crippen LogP contribution in [0.4, 0.5) is 4.79 Å². The maximum atomic E-state index is 12.5. The third-order valence-electron chi connectivity index (χ3n) is 5.14. The van der Waals surface area contributed by atoms with Crippen LogP contribution < -0.4 is 0 Å². The molecule has 0 aromatic rings. The number of carboxylic acid groups (broad SMARTS) is 1. The Morgan fingerprint density at radius 2 is 2.10 bits per heavy atom. The Labute approximate surface area is 127 Å². The Kier molecular flexibility index (Phi) is 4.79. The van der Waals surface area contributed by atoms with Gasteiger partial charge in [-0.1, -0.05) is 20.3 Å². The first-order chi connectivity index (χ1) is 9.89. The molecule has 0 aromatic carbocycles. The van der Waals surface area contributed by atoms with Gasteiger partial charge in [-0.2, -0.15) is 0 Å². The first kappa shape index (κ1) is 16.1. The number of hydrogen-bond donors (Lipinski definition) is 1. The number of carbonyl (C=O) groups excluding carboxylic acids is 1. The lowest BCUT2D eigenvalue weighted by molar-refractivity contribution is -0.152. The zero-order chi connectivity index (χ0) is 15.6. The fourth-order valence-corrected chi connectivity index (χ4v) is 3.58. The van der Waals surface area contributed by atoms with Crippen LogP contribution in [0, 0.1) is 17.3 Å². The Balaban J connectivity index is 1.98. The summed E-state index contributed by atoms with van der Waals surface area (Å²) in [4.78, 5) is 27.8. The molecule has 2 aliphatic rings. The zero-order valence-corrected chi connectivity index (χ0v) is 13.5. The number of nitrogens with zero attached hydrogens (tertiary/aromatic N) is 2. The smallest absolute Gasteiger partial charge is 0.319 e. The van der Waals surface area contributed by atoms with Gasteiger partial charge in [0, 0.05) is 26.7 Å². The summed E-state index contributed by atoms with van der Waals surface area (Å²) in [5, 5.41) is 9.60. The number of aliphatic carboxylic acids is 1. The van der Waals surface area contributed by atoms with E-state index in [4.69, 9.17) is 0 Å². The number of urea groups is 1. The largest absolute Gasteiger partial charge is 0.481 e. The van der Waals surface area contributed by atoms with Crippen molar-refractivity contribution in [2.75, 3.05) is 26.7 Å². The van der Waals surface area contributed by atoms with Crippen molar-refractivity contribution < 1.29 is 14.7 Å². The SMILES string of the molecule is CCCC1(C(=O)O)CCCN(C(=O)N(C)CC2CC2C)C1. The molecule has 120 valence electrons. The average Bonchev–Trinajstić information content (AvgIpc) is 3.13. The normalized spacial score (nSPS) is 31.9. The summed E-state index contributed by atoms with van der Waals surface area (Å²) < 4.78 is 0. The highest BCUT2D eigenvalue weighted by Crippen LogP contribution is 2.39. The summed E-state index contributed by atoms with van der Waals surface area (Å²) in [6.07, 6.45) is 4.15. The molecule has 0 radical (unpaired) electrons. The molecule has 1 aliphatic carbocycles. The lowest BCUT2D eigenvalue weighted by atomic mass is 9.76. The highest BCUT2D eigenvalue weighted by Gasteiger charge is 2.43. The van der Waals surface area contributed by atoms with Gasteiger partial charge in [-0.05, 0) is 37.5 Å². The van der Waals surface area contributed by atoms with Crippen LogP contribution in [0.15, 0.2) is 0 Å². The van der Waals surface area contributed by atoms with Gasteiger partial charge in [0.15, 0.2) is 0 Å². The first-order valence-corrected chi connectivity index (χ1v) is 8.13. The predicted molar refractivity (Wildman–Crippen MR) is 81.1 cm³/mol. The monoisotopic (exact) mass is 296 g/mol. The molecule has 1 N–H and O–H groups in total. The predicted octanol–water partition coefficient (Wildman–Crippen LogP) is 2.66. The number of piperidine rings is 1. The number of carbonyl (C=O) groups is 2. The molecule has 2 amide bonds. The molecular formula is C16H28N2O3. The molecule has 0 aromatic heterocycles. The molecule has 3 atom stereocenters. The van der Waals surface area contributed by atoms with Crippen molar-refractivity contribution in [2.24, 2.45) is 17.3 Å². The van der Waals surface area contributed by atoms with Crippen LogP contribution in [0.3, 0.4) is 0 Å². The van der Waals surface area contributed by atoms with Gasteiger partial charge in [-0.25, -0.2) is 4.79 Å². The molecule has 21 heavy (non-hydrogen) atoms. The third kappa shape index (κ3) is 3.50. The standard InChI is InChI=1S/C16H28N2O3/c1-4-6-16(14(19)20)7-5-8-18(11-16)15(21)17(3)10-13-9-12(13)2/h12-13H,4-11H2,1-3H3,(H,19,20). The van der Waals surface area contributed by atoms with Crippen LogP contribution in [0.5, 0.6) is 0 Å². The fourth-order valence-electron chi connectivity index (χ4n) is 3.58. The maximum absolute atomic E-state index is 12.5. The average molecular weight is 296 g/mol. The Morgan fingerprint density at radius 1 is 1.43 bits per heavy atom. The van der Waals surface area contributed by atoms with Crippen LogP contribution in [-0.2, 0) is 4.79 Å². The molecule has 1 saturated carbocycles. The highest BCUT2D eigenvalue weighted by molar-refractivity contribution is 5.78. The lowest BCUT2D eigenvalue weighted by Gasteiger charge is -2.41. The molecule has 0 spiro atoms. The van der Waals surface area contributed by atoms with Crippen LogP contribution in [0.1, 0.15) is 46.0 Å². The minimum Gasteiger partial charge on any atom is -0.481 e. The van der Waals surface area contributed by atoms with E-state index in [9.17, 15) is 14.7 Å². The second kappa shape index (κ2) is 6.24. The van der Waals surface area contributed by atoms with Gasteiger partial charge in [-0.15, -0.1) is 0 Å². The summed E-state index contributed by atoms with van der Waals surface area (Å²) in [5.74, 6) is 0.601. The van der Waals surface area contributed by atoms with E-state index in [1.165, 1.54) is 6.42 Å². The molecule has 2 fully saturated rings. The molecule has 1 aliphatic heterocycles. The number of likely N-dealkylation sites (tertiary alicyclic amines) is 1. The van der Waals surface area contributed by atoms with Gasteiger partial charge in [0.1, 0.15) is 0 Å². The van der Waals surface area contributed by atoms with Crippen LogP contribution in [0.25, 0.3) is 0 Å². The second-order valence-corrected chi connectivity index (χ2v) is 7.00. The van der Waals surface area contributed by atoms with Gasteiger partial charge >= 0.3 is 12.0 Å². The summed E-state index contributed by atoms with van der Waals surface area (Å²) in [6.45, 7) is 6.05. The number of amides is 2. The van der Waals surface area contributed by atoms with Crippen molar-refractivity contribution >= 4 is 12.0 Å². The fraction of sp³-hybridized carbons (Fsp3) is 0.875. The summed E-state index contributed by atoms with van der Waals surface area (Å²) in [6, 6.07) is -0.00414. The van der Waals surface area contributed by atoms with Crippen molar-refractivity contribution in [2.45, 2.75) is 46.0 Å². The quantitative estimate of drug-likeness (QED) is 0.848. The van der Waals surface area contributed by atoms with Crippen molar-refractivity contribution in [1.29, 1.82) is 0 Å². The first-order valence-electron chi connectivity index (χ1n) is 8.13. The van der Waals surface area contributed by atoms with E-state index in [1.54, 1.807) is 9.80 Å². The molecule has 0 bridgehead atoms. The van der Waals surface area contributed by atoms with Gasteiger partial charge in [0.25, 0.3) is 0 Å². The minimum absolute atomic E-state index is 0.00414. The van der Waals surface area contributed by atoms with E-state index in [1.807, 2.05) is 14.0 Å². The molecule has 5 heteroatoms. The number of rotatable bonds is 5. The van der Waals surface area contributed by atoms with Crippen LogP contribution in [0.2, 0.25) is 0 Å². The van der Waals surface area contributed by atoms with Crippen LogP contribution >= 0.6 is 0 Å². The Bertz CT molecular complexity index is 408. The summed E-state index contributed by atoms with van der Waals surface area (Å²) in [5.41, 5.74) is -0.740. The van der Waals surface area contributed by atoms with Gasteiger partial charge in [0.2, 0.25) is 0 Å². The Morgan fingerprint density at radius 3 is 2.62 bits per heavy atom. The van der Waals surface area contributed by atoms with Gasteiger partial charge in [-0.3, -0.25) is 4.79 Å². The summed E-state index contributed by atoms with van der Waals surface area (Å²) >= 11 is 0. The van der Waals surface area contributed by atoms with Crippen molar-refractivity contribution in [1.82, 2.24) is 9.80 Å². The highest BCUT2D eigenvalue weighted by atomic mass is 16.4. The minimum atomic E-state index is -0.750. The molecular weight excluding hydrogens is 268 g/mol. The topological polar surface area (TPSA) is 60.9 Å². The lowest BCUT2D eigenvalue weighted by Crippen LogP contribution is -2.53. The summed E-state index contributed by atoms with van der Waals surface area (Å²) in [7, 11) is 1.84. The van der Waals surface area contributed by atoms with Gasteiger partial charge < -0.3 is 14.9 Å².